The fourth-order valence-corrected chi connectivity index (χ4v) is 2.42. The van der Waals surface area contributed by atoms with Gasteiger partial charge in [-0.15, -0.1) is 0 Å². The van der Waals surface area contributed by atoms with E-state index >= 15 is 0 Å². The van der Waals surface area contributed by atoms with Crippen molar-refractivity contribution in [2.24, 2.45) is 0 Å². The number of aliphatic hydroxyl groups is 1. The van der Waals surface area contributed by atoms with Crippen LogP contribution in [-0.2, 0) is 0 Å². The lowest BCUT2D eigenvalue weighted by molar-refractivity contribution is 0.0678. The second kappa shape index (κ2) is 4.94. The van der Waals surface area contributed by atoms with Crippen LogP contribution in [0.4, 0.5) is 5.69 Å². The fourth-order valence-electron chi connectivity index (χ4n) is 2.15. The zero-order valence-corrected chi connectivity index (χ0v) is 10.2. The number of carbonyl (C=O) groups excluding carboxylic acids is 1. The lowest BCUT2D eigenvalue weighted by Crippen LogP contribution is -2.37. The Labute approximate surface area is 105 Å². The molecule has 1 amide bonds. The summed E-state index contributed by atoms with van der Waals surface area (Å²) in [6, 6.07) is 4.77. The molecule has 1 saturated heterocycles. The molecular weight excluding hydrogens is 240 g/mol. The van der Waals surface area contributed by atoms with Crippen molar-refractivity contribution < 1.29 is 9.90 Å². The molecule has 1 heterocycles. The highest BCUT2D eigenvalue weighted by molar-refractivity contribution is 6.34. The smallest absolute Gasteiger partial charge is 0.255 e. The minimum absolute atomic E-state index is 0.00166. The van der Waals surface area contributed by atoms with Crippen LogP contribution in [0.3, 0.4) is 0 Å². The first-order chi connectivity index (χ1) is 8.13. The van der Waals surface area contributed by atoms with Crippen molar-refractivity contribution in [3.63, 3.8) is 0 Å². The molecule has 1 aliphatic heterocycles. The number of rotatable bonds is 2. The van der Waals surface area contributed by atoms with Crippen LogP contribution in [0.1, 0.15) is 23.2 Å². The van der Waals surface area contributed by atoms with Gasteiger partial charge in [-0.1, -0.05) is 11.6 Å². The zero-order valence-electron chi connectivity index (χ0n) is 9.40. The molecule has 1 atom stereocenters. The molecule has 0 bridgehead atoms. The van der Waals surface area contributed by atoms with Crippen LogP contribution in [0.5, 0.6) is 0 Å². The van der Waals surface area contributed by atoms with Gasteiger partial charge in [0.15, 0.2) is 0 Å². The topological polar surface area (TPSA) is 66.6 Å². The molecule has 3 N–H and O–H groups in total. The van der Waals surface area contributed by atoms with Crippen LogP contribution in [0, 0.1) is 0 Å². The molecular formula is C12H15ClN2O2. The lowest BCUT2D eigenvalue weighted by atomic mass is 10.1. The van der Waals surface area contributed by atoms with E-state index in [9.17, 15) is 9.90 Å². The second-order valence-electron chi connectivity index (χ2n) is 4.22. The number of amides is 1. The number of aliphatic hydroxyl groups excluding tert-OH is 1. The van der Waals surface area contributed by atoms with Gasteiger partial charge < -0.3 is 15.7 Å². The molecule has 0 aromatic heterocycles. The summed E-state index contributed by atoms with van der Waals surface area (Å²) >= 11 is 6.00. The van der Waals surface area contributed by atoms with Crippen molar-refractivity contribution >= 4 is 23.2 Å². The number of benzene rings is 1. The second-order valence-corrected chi connectivity index (χ2v) is 4.62. The number of nitrogen functional groups attached to an aromatic ring is 1. The van der Waals surface area contributed by atoms with E-state index in [4.69, 9.17) is 17.3 Å². The van der Waals surface area contributed by atoms with E-state index in [0.29, 0.717) is 22.8 Å². The van der Waals surface area contributed by atoms with Crippen molar-refractivity contribution in [2.75, 3.05) is 18.9 Å². The van der Waals surface area contributed by atoms with Gasteiger partial charge in [-0.3, -0.25) is 4.79 Å². The Morgan fingerprint density at radius 2 is 2.35 bits per heavy atom. The maximum Gasteiger partial charge on any atom is 0.255 e. The maximum absolute atomic E-state index is 12.2. The van der Waals surface area contributed by atoms with Gasteiger partial charge in [-0.2, -0.15) is 0 Å². The minimum atomic E-state index is -0.133. The summed E-state index contributed by atoms with van der Waals surface area (Å²) in [7, 11) is 0. The van der Waals surface area contributed by atoms with Crippen LogP contribution in [-0.4, -0.2) is 35.1 Å². The summed E-state index contributed by atoms with van der Waals surface area (Å²) in [5, 5.41) is 9.56. The molecule has 1 fully saturated rings. The standard InChI is InChI=1S/C12H15ClN2O2/c13-11-6-8(14)3-4-10(11)12(17)15-5-1-2-9(15)7-16/h3-4,6,9,16H,1-2,5,7,14H2/t9-/m0/s1. The van der Waals surface area contributed by atoms with Gasteiger partial charge in [0.1, 0.15) is 0 Å². The molecule has 0 radical (unpaired) electrons. The van der Waals surface area contributed by atoms with Crippen molar-refractivity contribution in [2.45, 2.75) is 18.9 Å². The Morgan fingerprint density at radius 1 is 1.59 bits per heavy atom. The quantitative estimate of drug-likeness (QED) is 0.787. The molecule has 1 aromatic rings. The Bertz CT molecular complexity index is 437. The highest BCUT2D eigenvalue weighted by atomic mass is 35.5. The number of anilines is 1. The predicted molar refractivity (Wildman–Crippen MR) is 67.0 cm³/mol. The average Bonchev–Trinajstić information content (AvgIpc) is 2.76. The number of carbonyl (C=O) groups is 1. The Morgan fingerprint density at radius 3 is 3.00 bits per heavy atom. The van der Waals surface area contributed by atoms with Gasteiger partial charge in [-0.25, -0.2) is 0 Å². The Hall–Kier alpha value is -1.26. The first-order valence-corrected chi connectivity index (χ1v) is 5.98. The summed E-state index contributed by atoms with van der Waals surface area (Å²) < 4.78 is 0. The fraction of sp³-hybridized carbons (Fsp3) is 0.417. The van der Waals surface area contributed by atoms with E-state index < -0.39 is 0 Å². The third kappa shape index (κ3) is 2.37. The molecule has 0 aliphatic carbocycles. The number of likely N-dealkylation sites (tertiary alicyclic amines) is 1. The molecule has 1 aromatic carbocycles. The summed E-state index contributed by atoms with van der Waals surface area (Å²) in [5.74, 6) is -0.133. The van der Waals surface area contributed by atoms with E-state index in [1.54, 1.807) is 23.1 Å². The Kier molecular flexibility index (Phi) is 3.54. The van der Waals surface area contributed by atoms with E-state index in [1.165, 1.54) is 0 Å². The highest BCUT2D eigenvalue weighted by Crippen LogP contribution is 2.25. The lowest BCUT2D eigenvalue weighted by Gasteiger charge is -2.23. The van der Waals surface area contributed by atoms with E-state index in [1.807, 2.05) is 0 Å². The number of nitrogens with zero attached hydrogens (tertiary/aromatic N) is 1. The molecule has 92 valence electrons. The number of nitrogens with two attached hydrogens (primary N) is 1. The molecule has 0 saturated carbocycles. The normalized spacial score (nSPS) is 19.6. The molecule has 17 heavy (non-hydrogen) atoms. The van der Waals surface area contributed by atoms with E-state index in [2.05, 4.69) is 0 Å². The van der Waals surface area contributed by atoms with Crippen LogP contribution < -0.4 is 5.73 Å². The van der Waals surface area contributed by atoms with Crippen LogP contribution in [0.25, 0.3) is 0 Å². The molecule has 5 heteroatoms. The summed E-state index contributed by atoms with van der Waals surface area (Å²) in [5.41, 5.74) is 6.56. The average molecular weight is 255 g/mol. The van der Waals surface area contributed by atoms with Crippen LogP contribution in [0.2, 0.25) is 5.02 Å². The van der Waals surface area contributed by atoms with E-state index in [-0.39, 0.29) is 18.6 Å². The molecule has 0 spiro atoms. The molecule has 0 unspecified atom stereocenters. The van der Waals surface area contributed by atoms with Gasteiger partial charge >= 0.3 is 0 Å². The molecule has 4 nitrogen and oxygen atoms in total. The van der Waals surface area contributed by atoms with Gasteiger partial charge in [0.05, 0.1) is 23.2 Å². The van der Waals surface area contributed by atoms with Gasteiger partial charge in [-0.05, 0) is 31.0 Å². The number of hydrogen-bond acceptors (Lipinski definition) is 3. The SMILES string of the molecule is Nc1ccc(C(=O)N2CCC[C@H]2CO)c(Cl)c1. The van der Waals surface area contributed by atoms with Crippen molar-refractivity contribution in [3.05, 3.63) is 28.8 Å². The zero-order chi connectivity index (χ0) is 12.4. The molecule has 1 aliphatic rings. The minimum Gasteiger partial charge on any atom is -0.399 e. The predicted octanol–water partition coefficient (Wildman–Crippen LogP) is 1.52. The van der Waals surface area contributed by atoms with Gasteiger partial charge in [0, 0.05) is 12.2 Å². The largest absolute Gasteiger partial charge is 0.399 e. The van der Waals surface area contributed by atoms with Crippen LogP contribution in [0.15, 0.2) is 18.2 Å². The summed E-state index contributed by atoms with van der Waals surface area (Å²) in [6.07, 6.45) is 1.76. The maximum atomic E-state index is 12.2. The number of halogens is 1. The first kappa shape index (κ1) is 12.2. The van der Waals surface area contributed by atoms with Gasteiger partial charge in [0.2, 0.25) is 0 Å². The third-order valence-corrected chi connectivity index (χ3v) is 3.39. The highest BCUT2D eigenvalue weighted by Gasteiger charge is 2.29. The first-order valence-electron chi connectivity index (χ1n) is 5.60. The van der Waals surface area contributed by atoms with E-state index in [0.717, 1.165) is 12.8 Å². The monoisotopic (exact) mass is 254 g/mol. The van der Waals surface area contributed by atoms with Crippen LogP contribution >= 0.6 is 11.6 Å². The molecule has 2 rings (SSSR count). The van der Waals surface area contributed by atoms with Gasteiger partial charge in [0.25, 0.3) is 5.91 Å². The van der Waals surface area contributed by atoms with Crippen molar-refractivity contribution in [3.8, 4) is 0 Å². The number of hydrogen-bond donors (Lipinski definition) is 2. The Balaban J connectivity index is 2.24. The summed E-state index contributed by atoms with van der Waals surface area (Å²) in [6.45, 7) is 0.670. The van der Waals surface area contributed by atoms with Crippen molar-refractivity contribution in [1.29, 1.82) is 0 Å². The van der Waals surface area contributed by atoms with Crippen molar-refractivity contribution in [1.82, 2.24) is 4.90 Å². The summed E-state index contributed by atoms with van der Waals surface area (Å²) in [4.78, 5) is 13.9. The third-order valence-electron chi connectivity index (χ3n) is 3.07.